The van der Waals surface area contributed by atoms with Gasteiger partial charge in [0, 0.05) is 17.2 Å². The standard InChI is InChI=1S/C22H17N5O3S3/c1-11-19-14(8-15(17-4-3-7-31-17)24-21(19)30-27-11)20(29)26-22-25-16(10-32-22)18-6-5-13(33-18)9-23-12(2)28/h3-8,10H,9H2,1-2H3,(H,23,28)(H,25,26,29). The van der Waals surface area contributed by atoms with Crippen molar-refractivity contribution in [2.24, 2.45) is 0 Å². The van der Waals surface area contributed by atoms with Crippen LogP contribution in [0.25, 0.3) is 32.2 Å². The van der Waals surface area contributed by atoms with Gasteiger partial charge < -0.3 is 9.84 Å². The fourth-order valence-electron chi connectivity index (χ4n) is 3.26. The van der Waals surface area contributed by atoms with Gasteiger partial charge in [0.1, 0.15) is 0 Å². The van der Waals surface area contributed by atoms with Crippen LogP contribution in [0.3, 0.4) is 0 Å². The van der Waals surface area contributed by atoms with Crippen molar-refractivity contribution < 1.29 is 14.1 Å². The Kier molecular flexibility index (Phi) is 5.75. The lowest BCUT2D eigenvalue weighted by Gasteiger charge is -2.05. The van der Waals surface area contributed by atoms with Crippen LogP contribution >= 0.6 is 34.0 Å². The van der Waals surface area contributed by atoms with Gasteiger partial charge in [-0.3, -0.25) is 14.9 Å². The monoisotopic (exact) mass is 495 g/mol. The summed E-state index contributed by atoms with van der Waals surface area (Å²) in [6.45, 7) is 3.76. The number of carbonyl (C=O) groups is 2. The highest BCUT2D eigenvalue weighted by molar-refractivity contribution is 7.17. The Labute approximate surface area is 200 Å². The summed E-state index contributed by atoms with van der Waals surface area (Å²) in [5.74, 6) is -0.371. The van der Waals surface area contributed by atoms with E-state index in [2.05, 4.69) is 25.8 Å². The third-order valence-corrected chi connectivity index (χ3v) is 7.54. The fourth-order valence-corrected chi connectivity index (χ4v) is 5.63. The summed E-state index contributed by atoms with van der Waals surface area (Å²) in [6.07, 6.45) is 0. The molecule has 0 atom stereocenters. The molecule has 0 aliphatic rings. The van der Waals surface area contributed by atoms with E-state index in [0.29, 0.717) is 39.7 Å². The molecule has 33 heavy (non-hydrogen) atoms. The molecule has 0 saturated carbocycles. The quantitative estimate of drug-likeness (QED) is 0.329. The SMILES string of the molecule is CC(=O)NCc1ccc(-c2csc(NC(=O)c3cc(-c4cccs4)nc4onc(C)c34)n2)s1. The van der Waals surface area contributed by atoms with E-state index in [1.807, 2.05) is 35.0 Å². The molecule has 166 valence electrons. The van der Waals surface area contributed by atoms with Crippen molar-refractivity contribution >= 4 is 62.1 Å². The van der Waals surface area contributed by atoms with Gasteiger partial charge in [-0.1, -0.05) is 11.2 Å². The molecule has 2 N–H and O–H groups in total. The second-order valence-corrected chi connectivity index (χ2v) is 10.1. The molecule has 5 aromatic heterocycles. The number of aromatic nitrogens is 3. The Morgan fingerprint density at radius 2 is 1.97 bits per heavy atom. The maximum Gasteiger partial charge on any atom is 0.259 e. The van der Waals surface area contributed by atoms with E-state index in [1.165, 1.54) is 29.6 Å². The van der Waals surface area contributed by atoms with E-state index in [0.717, 1.165) is 20.3 Å². The van der Waals surface area contributed by atoms with E-state index in [9.17, 15) is 9.59 Å². The van der Waals surface area contributed by atoms with E-state index >= 15 is 0 Å². The van der Waals surface area contributed by atoms with Crippen LogP contribution in [0.5, 0.6) is 0 Å². The molecule has 0 saturated heterocycles. The minimum atomic E-state index is -0.301. The average molecular weight is 496 g/mol. The first kappa shape index (κ1) is 21.4. The van der Waals surface area contributed by atoms with Gasteiger partial charge in [0.05, 0.1) is 44.3 Å². The van der Waals surface area contributed by atoms with Crippen LogP contribution in [0.15, 0.2) is 45.6 Å². The third kappa shape index (κ3) is 4.42. The number of fused-ring (bicyclic) bond motifs is 1. The largest absolute Gasteiger partial charge is 0.351 e. The second-order valence-electron chi connectivity index (χ2n) is 7.15. The van der Waals surface area contributed by atoms with Gasteiger partial charge in [0.25, 0.3) is 11.6 Å². The Morgan fingerprint density at radius 3 is 2.76 bits per heavy atom. The number of amides is 2. The maximum atomic E-state index is 13.2. The number of pyridine rings is 1. The first-order chi connectivity index (χ1) is 16.0. The van der Waals surface area contributed by atoms with Crippen LogP contribution in [0.1, 0.15) is 27.9 Å². The Hall–Kier alpha value is -3.41. The predicted molar refractivity (Wildman–Crippen MR) is 131 cm³/mol. The molecule has 0 aliphatic carbocycles. The average Bonchev–Trinajstić information content (AvgIpc) is 3.59. The first-order valence-electron chi connectivity index (χ1n) is 9.89. The number of thiazole rings is 1. The molecule has 0 fully saturated rings. The number of carbonyl (C=O) groups excluding carboxylic acids is 2. The highest BCUT2D eigenvalue weighted by atomic mass is 32.1. The number of rotatable bonds is 6. The van der Waals surface area contributed by atoms with Crippen LogP contribution in [-0.4, -0.2) is 26.9 Å². The summed E-state index contributed by atoms with van der Waals surface area (Å²) in [7, 11) is 0. The van der Waals surface area contributed by atoms with Gasteiger partial charge in [0.2, 0.25) is 5.91 Å². The molecule has 5 aromatic rings. The highest BCUT2D eigenvalue weighted by Gasteiger charge is 2.21. The van der Waals surface area contributed by atoms with Gasteiger partial charge >= 0.3 is 0 Å². The van der Waals surface area contributed by atoms with Crippen LogP contribution in [-0.2, 0) is 11.3 Å². The molecule has 0 unspecified atom stereocenters. The summed E-state index contributed by atoms with van der Waals surface area (Å²) < 4.78 is 5.35. The van der Waals surface area contributed by atoms with Gasteiger partial charge in [0.15, 0.2) is 5.13 Å². The van der Waals surface area contributed by atoms with Crippen molar-refractivity contribution in [3.05, 3.63) is 57.2 Å². The van der Waals surface area contributed by atoms with Gasteiger partial charge in [-0.25, -0.2) is 9.97 Å². The molecule has 5 heterocycles. The Balaban J connectivity index is 1.40. The lowest BCUT2D eigenvalue weighted by atomic mass is 10.1. The molecule has 5 rings (SSSR count). The van der Waals surface area contributed by atoms with E-state index < -0.39 is 0 Å². The van der Waals surface area contributed by atoms with E-state index in [-0.39, 0.29) is 11.8 Å². The normalized spacial score (nSPS) is 11.1. The molecule has 0 radical (unpaired) electrons. The third-order valence-electron chi connectivity index (χ3n) is 4.79. The molecular weight excluding hydrogens is 478 g/mol. The minimum Gasteiger partial charge on any atom is -0.351 e. The lowest BCUT2D eigenvalue weighted by molar-refractivity contribution is -0.119. The fraction of sp³-hybridized carbons (Fsp3) is 0.136. The van der Waals surface area contributed by atoms with Crippen molar-refractivity contribution in [2.45, 2.75) is 20.4 Å². The Morgan fingerprint density at radius 1 is 1.09 bits per heavy atom. The van der Waals surface area contributed by atoms with E-state index in [4.69, 9.17) is 4.52 Å². The van der Waals surface area contributed by atoms with Crippen LogP contribution in [0, 0.1) is 6.92 Å². The minimum absolute atomic E-state index is 0.0703. The highest BCUT2D eigenvalue weighted by Crippen LogP contribution is 2.32. The molecule has 2 amide bonds. The van der Waals surface area contributed by atoms with Crippen LogP contribution in [0.2, 0.25) is 0 Å². The molecule has 0 bridgehead atoms. The van der Waals surface area contributed by atoms with Gasteiger partial charge in [-0.2, -0.15) is 0 Å². The van der Waals surface area contributed by atoms with Crippen molar-refractivity contribution in [3.8, 4) is 21.1 Å². The zero-order valence-electron chi connectivity index (χ0n) is 17.5. The predicted octanol–water partition coefficient (Wildman–Crippen LogP) is 5.33. The molecule has 0 aliphatic heterocycles. The summed E-state index contributed by atoms with van der Waals surface area (Å²) in [6, 6.07) is 9.55. The molecule has 8 nitrogen and oxygen atoms in total. The summed E-state index contributed by atoms with van der Waals surface area (Å²) in [5, 5.41) is 14.6. The van der Waals surface area contributed by atoms with Crippen molar-refractivity contribution in [1.82, 2.24) is 20.4 Å². The summed E-state index contributed by atoms with van der Waals surface area (Å²) in [5.41, 5.74) is 2.80. The topological polar surface area (TPSA) is 110 Å². The van der Waals surface area contributed by atoms with Crippen molar-refractivity contribution in [2.75, 3.05) is 5.32 Å². The van der Waals surface area contributed by atoms with Gasteiger partial charge in [-0.15, -0.1) is 34.0 Å². The summed E-state index contributed by atoms with van der Waals surface area (Å²) in [4.78, 5) is 36.4. The zero-order chi connectivity index (χ0) is 22.9. The van der Waals surface area contributed by atoms with Crippen molar-refractivity contribution in [1.29, 1.82) is 0 Å². The van der Waals surface area contributed by atoms with Crippen LogP contribution in [0.4, 0.5) is 5.13 Å². The Bertz CT molecular complexity index is 1470. The van der Waals surface area contributed by atoms with Crippen LogP contribution < -0.4 is 10.6 Å². The number of hydrogen-bond acceptors (Lipinski definition) is 9. The number of anilines is 1. The molecule has 0 aromatic carbocycles. The number of nitrogens with one attached hydrogen (secondary N) is 2. The number of nitrogens with zero attached hydrogens (tertiary/aromatic N) is 3. The second kappa shape index (κ2) is 8.85. The molecule has 0 spiro atoms. The lowest BCUT2D eigenvalue weighted by Crippen LogP contribution is -2.17. The van der Waals surface area contributed by atoms with E-state index in [1.54, 1.807) is 24.3 Å². The first-order valence-corrected chi connectivity index (χ1v) is 12.5. The molecular formula is C22H17N5O3S3. The molecule has 11 heteroatoms. The smallest absolute Gasteiger partial charge is 0.259 e. The number of aryl methyl sites for hydroxylation is 1. The number of thiophene rings is 2. The van der Waals surface area contributed by atoms with Crippen molar-refractivity contribution in [3.63, 3.8) is 0 Å². The number of hydrogen-bond donors (Lipinski definition) is 2. The zero-order valence-corrected chi connectivity index (χ0v) is 20.0. The maximum absolute atomic E-state index is 13.2. The summed E-state index contributed by atoms with van der Waals surface area (Å²) >= 11 is 4.44. The van der Waals surface area contributed by atoms with Gasteiger partial charge in [-0.05, 0) is 36.6 Å².